The molecule has 6 rings (SSSR count). The van der Waals surface area contributed by atoms with E-state index in [1.807, 2.05) is 0 Å². The number of nitrogens with two attached hydrogens (primary N) is 2. The lowest BCUT2D eigenvalue weighted by atomic mass is 10.1. The van der Waals surface area contributed by atoms with Crippen LogP contribution in [0.3, 0.4) is 0 Å². The number of aliphatic hydroxyl groups excluding tert-OH is 1. The van der Waals surface area contributed by atoms with Crippen molar-refractivity contribution in [1.82, 2.24) is 34.1 Å². The quantitative estimate of drug-likeness (QED) is 0.0995. The second kappa shape index (κ2) is 12.3. The number of aromatic amines is 1. The SMILES string of the molecule is Nc1nc2c(ncn2[C@@H]2O[C@H](CO)[C@@H](F)[C@H]2OP(O)(=S)OC[C@H]2O[C@@H](n3ccc4c(N)ncnc43)C[C@@H]2O[P+](=O)S)c(=O)[nH]1. The number of hydrogen-bond acceptors (Lipinski definition) is 15. The first-order valence-corrected chi connectivity index (χ1v) is 17.7. The number of alkyl halides is 1. The molecule has 2 aliphatic heterocycles. The van der Waals surface area contributed by atoms with Crippen LogP contribution < -0.4 is 17.0 Å². The molecule has 6 heterocycles. The molecule has 4 aromatic heterocycles. The zero-order valence-electron chi connectivity index (χ0n) is 22.2. The molecule has 2 fully saturated rings. The third-order valence-corrected chi connectivity index (χ3v) is 9.38. The summed E-state index contributed by atoms with van der Waals surface area (Å²) in [6.45, 7) is -5.41. The van der Waals surface area contributed by atoms with Crippen LogP contribution in [-0.2, 0) is 39.4 Å². The third kappa shape index (κ3) is 5.97. The number of hydrogen-bond donors (Lipinski definition) is 6. The summed E-state index contributed by atoms with van der Waals surface area (Å²) in [4.78, 5) is 41.8. The van der Waals surface area contributed by atoms with Gasteiger partial charge in [-0.1, -0.05) is 0 Å². The Kier molecular flexibility index (Phi) is 8.72. The first kappa shape index (κ1) is 31.3. The van der Waals surface area contributed by atoms with E-state index in [1.165, 1.54) is 10.9 Å². The zero-order valence-corrected chi connectivity index (χ0v) is 25.7. The van der Waals surface area contributed by atoms with Crippen molar-refractivity contribution in [2.24, 2.45) is 0 Å². The van der Waals surface area contributed by atoms with Crippen LogP contribution >= 0.6 is 26.2 Å². The van der Waals surface area contributed by atoms with Crippen molar-refractivity contribution in [3.8, 4) is 0 Å². The van der Waals surface area contributed by atoms with Gasteiger partial charge in [0, 0.05) is 12.6 Å². The number of H-pyrrole nitrogens is 1. The van der Waals surface area contributed by atoms with E-state index in [4.69, 9.17) is 46.3 Å². The molecule has 0 aromatic carbocycles. The minimum Gasteiger partial charge on any atom is -0.394 e. The lowest BCUT2D eigenvalue weighted by Gasteiger charge is -2.26. The Bertz CT molecular complexity index is 1830. The van der Waals surface area contributed by atoms with Crippen LogP contribution in [0.15, 0.2) is 29.7 Å². The van der Waals surface area contributed by atoms with Gasteiger partial charge in [0.15, 0.2) is 23.6 Å². The fourth-order valence-corrected chi connectivity index (χ4v) is 7.35. The maximum absolute atomic E-state index is 15.4. The fraction of sp³-hybridized carbons (Fsp3) is 0.476. The Morgan fingerprint density at radius 2 is 2.05 bits per heavy atom. The topological polar surface area (TPSA) is 250 Å². The third-order valence-electron chi connectivity index (χ3n) is 7.08. The standard InChI is InChI=1S/C21H24FN9O9P2S2/c22-13-10(4-32)38-20(31-7-27-14-18(31)28-21(24)29-19(14)33)15(13)40-42(35,44)36-5-11-9(39-41(34)43)3-12(37-11)30-2-1-8-16(23)25-6-26-17(8)30/h1-2,6-7,9-13,15,20,32H,3-5H2,(H6-,23,24,25,26,28,29,33,34,35,43,44)/p+1/t9-,10+,11+,12+,13+,15+,20+,42?/m0/s1. The number of halogens is 1. The highest BCUT2D eigenvalue weighted by Gasteiger charge is 2.50. The summed E-state index contributed by atoms with van der Waals surface area (Å²) in [5.74, 6) is 0.0405. The predicted molar refractivity (Wildman–Crippen MR) is 158 cm³/mol. The number of nitrogen functional groups attached to an aromatic ring is 2. The first-order valence-electron chi connectivity index (χ1n) is 12.8. The highest BCUT2D eigenvalue weighted by Crippen LogP contribution is 2.51. The largest absolute Gasteiger partial charge is 0.582 e. The molecule has 18 nitrogen and oxygen atoms in total. The molecule has 23 heteroatoms. The van der Waals surface area contributed by atoms with Crippen molar-refractivity contribution in [3.63, 3.8) is 0 Å². The molecular formula is C21H25FN9O9P2S2+. The molecule has 9 atom stereocenters. The molecular weight excluding hydrogens is 667 g/mol. The monoisotopic (exact) mass is 692 g/mol. The number of nitrogens with one attached hydrogen (secondary N) is 1. The van der Waals surface area contributed by atoms with E-state index in [2.05, 4.69) is 37.2 Å². The number of imidazole rings is 1. The van der Waals surface area contributed by atoms with Crippen LogP contribution in [0.5, 0.6) is 0 Å². The minimum absolute atomic E-state index is 0.0568. The van der Waals surface area contributed by atoms with Crippen LogP contribution in [0.2, 0.25) is 0 Å². The number of nitrogens with zero attached hydrogens (tertiary/aromatic N) is 6. The van der Waals surface area contributed by atoms with E-state index in [0.717, 1.165) is 6.33 Å². The smallest absolute Gasteiger partial charge is 0.394 e. The molecule has 0 amide bonds. The zero-order chi connectivity index (χ0) is 31.3. The van der Waals surface area contributed by atoms with Crippen LogP contribution in [0.1, 0.15) is 18.9 Å². The molecule has 0 spiro atoms. The van der Waals surface area contributed by atoms with Crippen molar-refractivity contribution in [3.05, 3.63) is 35.3 Å². The van der Waals surface area contributed by atoms with E-state index in [0.29, 0.717) is 11.0 Å². The average molecular weight is 693 g/mol. The van der Waals surface area contributed by atoms with E-state index in [9.17, 15) is 19.4 Å². The van der Waals surface area contributed by atoms with Gasteiger partial charge in [0.2, 0.25) is 5.95 Å². The van der Waals surface area contributed by atoms with E-state index >= 15 is 4.39 Å². The molecule has 2 aliphatic rings. The molecule has 236 valence electrons. The summed E-state index contributed by atoms with van der Waals surface area (Å²) in [6, 6.07) is 1.71. The van der Waals surface area contributed by atoms with Gasteiger partial charge in [0.05, 0.1) is 24.9 Å². The van der Waals surface area contributed by atoms with Gasteiger partial charge in [-0.2, -0.15) is 4.98 Å². The molecule has 44 heavy (non-hydrogen) atoms. The predicted octanol–water partition coefficient (Wildman–Crippen LogP) is 0.835. The number of rotatable bonds is 10. The number of anilines is 2. The van der Waals surface area contributed by atoms with Gasteiger partial charge in [-0.05, 0) is 22.4 Å². The van der Waals surface area contributed by atoms with E-state index in [1.54, 1.807) is 16.8 Å². The maximum Gasteiger partial charge on any atom is 0.582 e. The van der Waals surface area contributed by atoms with Crippen LogP contribution in [0, 0.1) is 0 Å². The van der Waals surface area contributed by atoms with E-state index in [-0.39, 0.29) is 29.4 Å². The summed E-state index contributed by atoms with van der Waals surface area (Å²) in [7, 11) is -2.36. The van der Waals surface area contributed by atoms with Crippen LogP contribution in [0.4, 0.5) is 16.2 Å². The van der Waals surface area contributed by atoms with Crippen LogP contribution in [0.25, 0.3) is 22.2 Å². The summed E-state index contributed by atoms with van der Waals surface area (Å²) in [6.07, 6.45) is -4.49. The number of thiol groups is 1. The van der Waals surface area contributed by atoms with Crippen LogP contribution in [-0.4, -0.2) is 87.9 Å². The van der Waals surface area contributed by atoms with Gasteiger partial charge in [-0.3, -0.25) is 18.9 Å². The highest BCUT2D eigenvalue weighted by atomic mass is 32.7. The van der Waals surface area contributed by atoms with Crippen molar-refractivity contribution < 1.29 is 42.0 Å². The Balaban J connectivity index is 1.20. The molecule has 2 unspecified atom stereocenters. The second-order valence-electron chi connectivity index (χ2n) is 9.77. The second-order valence-corrected chi connectivity index (χ2v) is 14.2. The van der Waals surface area contributed by atoms with E-state index < -0.39 is 75.8 Å². The minimum atomic E-state index is -4.26. The number of ether oxygens (including phenoxy) is 2. The molecule has 4 aromatic rings. The molecule has 0 saturated carbocycles. The van der Waals surface area contributed by atoms with Crippen molar-refractivity contribution in [2.75, 3.05) is 24.7 Å². The van der Waals surface area contributed by atoms with Gasteiger partial charge in [-0.15, -0.1) is 4.52 Å². The Morgan fingerprint density at radius 1 is 1.25 bits per heavy atom. The lowest BCUT2D eigenvalue weighted by Crippen LogP contribution is -2.32. The fourth-order valence-electron chi connectivity index (χ4n) is 5.13. The summed E-state index contributed by atoms with van der Waals surface area (Å²) in [5, 5.41) is 10.3. The molecule has 0 bridgehead atoms. The summed E-state index contributed by atoms with van der Waals surface area (Å²) >= 11 is 9.03. The Hall–Kier alpha value is -2.68. The van der Waals surface area contributed by atoms with Gasteiger partial charge < -0.3 is 40.0 Å². The van der Waals surface area contributed by atoms with Crippen molar-refractivity contribution >= 4 is 72.0 Å². The molecule has 2 saturated heterocycles. The Morgan fingerprint density at radius 3 is 2.80 bits per heavy atom. The molecule has 7 N–H and O–H groups in total. The van der Waals surface area contributed by atoms with Crippen molar-refractivity contribution in [1.29, 1.82) is 0 Å². The van der Waals surface area contributed by atoms with Gasteiger partial charge >= 0.3 is 13.9 Å². The Labute approximate surface area is 257 Å². The summed E-state index contributed by atoms with van der Waals surface area (Å²) < 4.78 is 58.5. The van der Waals surface area contributed by atoms with Gasteiger partial charge in [0.1, 0.15) is 60.7 Å². The lowest BCUT2D eigenvalue weighted by molar-refractivity contribution is -0.0528. The molecule has 0 aliphatic carbocycles. The normalized spacial score (nSPS) is 29.0. The number of aliphatic hydroxyl groups is 1. The molecule has 0 radical (unpaired) electrons. The maximum atomic E-state index is 15.4. The number of aromatic nitrogens is 7. The average Bonchev–Trinajstić information content (AvgIpc) is 3.73. The van der Waals surface area contributed by atoms with Crippen molar-refractivity contribution in [2.45, 2.75) is 49.5 Å². The van der Waals surface area contributed by atoms with Gasteiger partial charge in [-0.25, -0.2) is 19.3 Å². The number of fused-ring (bicyclic) bond motifs is 2. The van der Waals surface area contributed by atoms with Gasteiger partial charge in [0.25, 0.3) is 5.56 Å². The highest BCUT2D eigenvalue weighted by molar-refractivity contribution is 8.39. The summed E-state index contributed by atoms with van der Waals surface area (Å²) in [5.41, 5.74) is 11.3. The first-order chi connectivity index (χ1) is 21.0.